The van der Waals surface area contributed by atoms with E-state index in [4.69, 9.17) is 33.4 Å². The van der Waals surface area contributed by atoms with Gasteiger partial charge in [0.25, 0.3) is 0 Å². The van der Waals surface area contributed by atoms with Crippen LogP contribution in [0.1, 0.15) is 38.2 Å². The van der Waals surface area contributed by atoms with Crippen LogP contribution in [0.2, 0.25) is 10.0 Å². The van der Waals surface area contributed by atoms with Crippen molar-refractivity contribution in [2.75, 3.05) is 33.2 Å². The average molecular weight is 542 g/mol. The molecule has 2 amide bonds. The molecule has 0 saturated carbocycles. The molecule has 2 N–H and O–H groups in total. The van der Waals surface area contributed by atoms with E-state index in [1.165, 1.54) is 12.8 Å². The predicted octanol–water partition coefficient (Wildman–Crippen LogP) is 3.18. The molecule has 11 heteroatoms. The molecule has 1 aromatic carbocycles. The molecule has 0 radical (unpaired) electrons. The standard InChI is InChI=1S/C21H29Cl2N3O2.C4H4O4/c1-15(27)24(2)17-7-10-26(18(13-17)14-25-8-3-4-9-25)21(28)12-16-5-6-19(22)20(23)11-16;5-3(6)1-2-4(7)8/h5-6,11,17-18H,3-4,7-10,12-14H2,1-2H3;1-2H,(H,5,6)(H,7,8). The van der Waals surface area contributed by atoms with E-state index in [9.17, 15) is 19.2 Å². The minimum atomic E-state index is -1.26. The van der Waals surface area contributed by atoms with E-state index >= 15 is 0 Å². The number of carbonyl (C=O) groups is 4. The number of halogens is 2. The van der Waals surface area contributed by atoms with Gasteiger partial charge in [-0.15, -0.1) is 0 Å². The number of benzene rings is 1. The first-order valence-corrected chi connectivity index (χ1v) is 12.6. The molecular weight excluding hydrogens is 509 g/mol. The molecule has 2 aliphatic heterocycles. The number of carboxylic acids is 2. The van der Waals surface area contributed by atoms with E-state index in [2.05, 4.69) is 4.90 Å². The number of carboxylic acid groups (broad SMARTS) is 2. The molecule has 0 aliphatic carbocycles. The molecule has 198 valence electrons. The van der Waals surface area contributed by atoms with Crippen molar-refractivity contribution in [2.45, 2.75) is 51.1 Å². The summed E-state index contributed by atoms with van der Waals surface area (Å²) in [5.74, 6) is -2.31. The Balaban J connectivity index is 0.000000493. The Morgan fingerprint density at radius 2 is 1.64 bits per heavy atom. The summed E-state index contributed by atoms with van der Waals surface area (Å²) in [5, 5.41) is 16.6. The van der Waals surface area contributed by atoms with Crippen LogP contribution >= 0.6 is 23.2 Å². The molecule has 2 saturated heterocycles. The van der Waals surface area contributed by atoms with Crippen molar-refractivity contribution in [3.05, 3.63) is 46.0 Å². The van der Waals surface area contributed by atoms with Gasteiger partial charge >= 0.3 is 11.9 Å². The fraction of sp³-hybridized carbons (Fsp3) is 0.520. The molecule has 9 nitrogen and oxygen atoms in total. The number of hydrogen-bond acceptors (Lipinski definition) is 5. The minimum absolute atomic E-state index is 0.0838. The third-order valence-electron chi connectivity index (χ3n) is 6.43. The summed E-state index contributed by atoms with van der Waals surface area (Å²) in [5.41, 5.74) is 0.877. The van der Waals surface area contributed by atoms with Crippen LogP contribution in [-0.4, -0.2) is 94.0 Å². The highest BCUT2D eigenvalue weighted by Crippen LogP contribution is 2.26. The molecule has 2 unspecified atom stereocenters. The van der Waals surface area contributed by atoms with Crippen molar-refractivity contribution in [1.82, 2.24) is 14.7 Å². The molecule has 2 heterocycles. The summed E-state index contributed by atoms with van der Waals surface area (Å²) in [7, 11) is 1.87. The third kappa shape index (κ3) is 9.44. The first kappa shape index (κ1) is 29.6. The fourth-order valence-corrected chi connectivity index (χ4v) is 4.79. The number of aliphatic carboxylic acids is 2. The molecule has 2 atom stereocenters. The number of rotatable bonds is 7. The van der Waals surface area contributed by atoms with E-state index in [0.29, 0.717) is 35.2 Å². The van der Waals surface area contributed by atoms with Gasteiger partial charge in [-0.3, -0.25) is 9.59 Å². The minimum Gasteiger partial charge on any atom is -0.478 e. The van der Waals surface area contributed by atoms with E-state index in [-0.39, 0.29) is 23.9 Å². The second-order valence-electron chi connectivity index (χ2n) is 8.99. The number of carbonyl (C=O) groups excluding carboxylic acids is 2. The zero-order valence-corrected chi connectivity index (χ0v) is 22.0. The fourth-order valence-electron chi connectivity index (χ4n) is 4.47. The van der Waals surface area contributed by atoms with Gasteiger partial charge < -0.3 is 24.9 Å². The predicted molar refractivity (Wildman–Crippen MR) is 137 cm³/mol. The number of likely N-dealkylation sites (tertiary alicyclic amines) is 2. The van der Waals surface area contributed by atoms with Gasteiger partial charge in [0.2, 0.25) is 11.8 Å². The third-order valence-corrected chi connectivity index (χ3v) is 7.17. The average Bonchev–Trinajstić information content (AvgIpc) is 3.33. The van der Waals surface area contributed by atoms with Crippen molar-refractivity contribution in [1.29, 1.82) is 0 Å². The second kappa shape index (κ2) is 14.2. The van der Waals surface area contributed by atoms with Crippen molar-refractivity contribution < 1.29 is 29.4 Å². The lowest BCUT2D eigenvalue weighted by molar-refractivity contribution is -0.137. The highest BCUT2D eigenvalue weighted by Gasteiger charge is 2.35. The van der Waals surface area contributed by atoms with E-state index < -0.39 is 11.9 Å². The summed E-state index contributed by atoms with van der Waals surface area (Å²) >= 11 is 12.1. The molecule has 36 heavy (non-hydrogen) atoms. The summed E-state index contributed by atoms with van der Waals surface area (Å²) < 4.78 is 0. The van der Waals surface area contributed by atoms with Gasteiger partial charge in [0, 0.05) is 51.3 Å². The SMILES string of the molecule is CC(=O)N(C)C1CCN(C(=O)Cc2ccc(Cl)c(Cl)c2)C(CN2CCCC2)C1.O=C(O)C=CC(=O)O. The smallest absolute Gasteiger partial charge is 0.328 e. The summed E-state index contributed by atoms with van der Waals surface area (Å²) in [4.78, 5) is 50.3. The van der Waals surface area contributed by atoms with Crippen LogP contribution in [0.4, 0.5) is 0 Å². The zero-order valence-electron chi connectivity index (χ0n) is 20.5. The highest BCUT2D eigenvalue weighted by atomic mass is 35.5. The molecule has 1 aromatic rings. The lowest BCUT2D eigenvalue weighted by Crippen LogP contribution is -2.55. The lowest BCUT2D eigenvalue weighted by atomic mass is 9.94. The maximum Gasteiger partial charge on any atom is 0.328 e. The van der Waals surface area contributed by atoms with Gasteiger partial charge in [-0.05, 0) is 56.5 Å². The van der Waals surface area contributed by atoms with Gasteiger partial charge in [-0.1, -0.05) is 29.3 Å². The van der Waals surface area contributed by atoms with Gasteiger partial charge in [0.15, 0.2) is 0 Å². The van der Waals surface area contributed by atoms with Gasteiger partial charge in [-0.2, -0.15) is 0 Å². The maximum absolute atomic E-state index is 13.1. The molecule has 0 aromatic heterocycles. The van der Waals surface area contributed by atoms with Crippen molar-refractivity contribution >= 4 is 47.0 Å². The molecular formula is C25H33Cl2N3O6. The van der Waals surface area contributed by atoms with Crippen LogP contribution in [0.25, 0.3) is 0 Å². The van der Waals surface area contributed by atoms with Crippen LogP contribution in [-0.2, 0) is 25.6 Å². The van der Waals surface area contributed by atoms with Crippen molar-refractivity contribution in [3.8, 4) is 0 Å². The van der Waals surface area contributed by atoms with E-state index in [1.807, 2.05) is 22.9 Å². The normalized spacial score (nSPS) is 20.1. The van der Waals surface area contributed by atoms with E-state index in [0.717, 1.165) is 38.0 Å². The van der Waals surface area contributed by atoms with Crippen LogP contribution in [0.15, 0.2) is 30.4 Å². The first-order valence-electron chi connectivity index (χ1n) is 11.8. The van der Waals surface area contributed by atoms with Crippen LogP contribution in [0, 0.1) is 0 Å². The monoisotopic (exact) mass is 541 g/mol. The summed E-state index contributed by atoms with van der Waals surface area (Å²) in [6.45, 7) is 5.37. The number of nitrogens with zero attached hydrogens (tertiary/aromatic N) is 3. The molecule has 0 bridgehead atoms. The van der Waals surface area contributed by atoms with Crippen molar-refractivity contribution in [3.63, 3.8) is 0 Å². The Bertz CT molecular complexity index is 965. The van der Waals surface area contributed by atoms with Gasteiger partial charge in [0.1, 0.15) is 0 Å². The summed E-state index contributed by atoms with van der Waals surface area (Å²) in [6.07, 6.45) is 5.53. The van der Waals surface area contributed by atoms with Crippen molar-refractivity contribution in [2.24, 2.45) is 0 Å². The summed E-state index contributed by atoms with van der Waals surface area (Å²) in [6, 6.07) is 5.70. The Morgan fingerprint density at radius 3 is 2.17 bits per heavy atom. The Morgan fingerprint density at radius 1 is 1.03 bits per heavy atom. The lowest BCUT2D eigenvalue weighted by Gasteiger charge is -2.43. The highest BCUT2D eigenvalue weighted by molar-refractivity contribution is 6.42. The second-order valence-corrected chi connectivity index (χ2v) is 9.81. The molecule has 2 fully saturated rings. The van der Waals surface area contributed by atoms with Gasteiger partial charge in [0.05, 0.1) is 16.5 Å². The van der Waals surface area contributed by atoms with Crippen LogP contribution in [0.3, 0.4) is 0 Å². The largest absolute Gasteiger partial charge is 0.478 e. The Labute approximate surface area is 221 Å². The first-order chi connectivity index (χ1) is 17.0. The zero-order chi connectivity index (χ0) is 26.8. The Hall–Kier alpha value is -2.62. The quantitative estimate of drug-likeness (QED) is 0.508. The Kier molecular flexibility index (Phi) is 11.7. The number of amides is 2. The number of piperidine rings is 1. The number of hydrogen-bond donors (Lipinski definition) is 2. The van der Waals surface area contributed by atoms with Gasteiger partial charge in [-0.25, -0.2) is 9.59 Å². The molecule has 0 spiro atoms. The maximum atomic E-state index is 13.1. The topological polar surface area (TPSA) is 118 Å². The van der Waals surface area contributed by atoms with Crippen LogP contribution < -0.4 is 0 Å². The van der Waals surface area contributed by atoms with E-state index in [1.54, 1.807) is 19.1 Å². The molecule has 3 rings (SSSR count). The van der Waals surface area contributed by atoms with Crippen LogP contribution in [0.5, 0.6) is 0 Å². The molecule has 2 aliphatic rings.